The van der Waals surface area contributed by atoms with E-state index in [1.54, 1.807) is 0 Å². The van der Waals surface area contributed by atoms with Crippen molar-refractivity contribution in [3.05, 3.63) is 23.5 Å². The van der Waals surface area contributed by atoms with Gasteiger partial charge in [0.2, 0.25) is 0 Å². The topological polar surface area (TPSA) is 50.5 Å². The van der Waals surface area contributed by atoms with E-state index in [1.165, 1.54) is 31.7 Å². The Hall–Kier alpha value is -1.33. The minimum Gasteiger partial charge on any atom is -0.395 e. The van der Waals surface area contributed by atoms with Crippen molar-refractivity contribution in [2.75, 3.05) is 30.7 Å². The van der Waals surface area contributed by atoms with Crippen molar-refractivity contribution in [1.82, 2.24) is 4.90 Å². The number of ether oxygens (including phenoxy) is 1. The third-order valence-corrected chi connectivity index (χ3v) is 5.84. The number of hydrogen-bond donors (Lipinski definition) is 2. The summed E-state index contributed by atoms with van der Waals surface area (Å²) >= 11 is 0. The molecule has 1 aromatic rings. The zero-order valence-electron chi connectivity index (χ0n) is 16.3. The molecule has 5 heteroatoms. The molecule has 1 aromatic carbocycles. The van der Waals surface area contributed by atoms with Crippen LogP contribution in [0.3, 0.4) is 0 Å². The van der Waals surface area contributed by atoms with Crippen LogP contribution in [0.25, 0.3) is 0 Å². The van der Waals surface area contributed by atoms with Crippen LogP contribution in [0.4, 0.5) is 15.8 Å². The first kappa shape index (κ1) is 19.4. The molecule has 4 nitrogen and oxygen atoms in total. The van der Waals surface area contributed by atoms with Crippen molar-refractivity contribution in [3.8, 4) is 0 Å². The molecule has 26 heavy (non-hydrogen) atoms. The highest BCUT2D eigenvalue weighted by atomic mass is 19.1. The largest absolute Gasteiger partial charge is 0.395 e. The minimum absolute atomic E-state index is 0.237. The SMILES string of the molecule is CCCOC1CCCC(N2CCC(Nc3cc(C)cc(F)c3N)CC2)C1. The van der Waals surface area contributed by atoms with Crippen LogP contribution in [-0.4, -0.2) is 42.8 Å². The molecule has 0 amide bonds. The number of nitrogen functional groups attached to an aromatic ring is 1. The van der Waals surface area contributed by atoms with E-state index in [0.29, 0.717) is 18.2 Å². The predicted molar refractivity (Wildman–Crippen MR) is 106 cm³/mol. The monoisotopic (exact) mass is 363 g/mol. The molecule has 0 radical (unpaired) electrons. The third-order valence-electron chi connectivity index (χ3n) is 5.84. The van der Waals surface area contributed by atoms with E-state index in [2.05, 4.69) is 17.1 Å². The van der Waals surface area contributed by atoms with Gasteiger partial charge in [-0.3, -0.25) is 0 Å². The molecular formula is C21H34FN3O. The van der Waals surface area contributed by atoms with Crippen LogP contribution in [0, 0.1) is 12.7 Å². The molecule has 1 aliphatic heterocycles. The van der Waals surface area contributed by atoms with Crippen LogP contribution in [0.5, 0.6) is 0 Å². The Morgan fingerprint density at radius 3 is 2.73 bits per heavy atom. The van der Waals surface area contributed by atoms with Gasteiger partial charge in [-0.05, 0) is 69.6 Å². The highest BCUT2D eigenvalue weighted by Gasteiger charge is 2.30. The van der Waals surface area contributed by atoms with E-state index >= 15 is 0 Å². The van der Waals surface area contributed by atoms with E-state index in [0.717, 1.165) is 50.2 Å². The highest BCUT2D eigenvalue weighted by molar-refractivity contribution is 5.68. The summed E-state index contributed by atoms with van der Waals surface area (Å²) < 4.78 is 19.8. The van der Waals surface area contributed by atoms with Crippen LogP contribution < -0.4 is 11.1 Å². The third kappa shape index (κ3) is 4.89. The zero-order chi connectivity index (χ0) is 18.5. The first-order valence-electron chi connectivity index (χ1n) is 10.2. The first-order valence-corrected chi connectivity index (χ1v) is 10.2. The van der Waals surface area contributed by atoms with Crippen LogP contribution in [0.15, 0.2) is 12.1 Å². The van der Waals surface area contributed by atoms with Gasteiger partial charge >= 0.3 is 0 Å². The molecule has 0 bridgehead atoms. The number of nitrogens with one attached hydrogen (secondary N) is 1. The number of nitrogens with two attached hydrogens (primary N) is 1. The summed E-state index contributed by atoms with van der Waals surface area (Å²) in [5.74, 6) is -0.328. The number of likely N-dealkylation sites (tertiary alicyclic amines) is 1. The molecule has 1 heterocycles. The second kappa shape index (κ2) is 9.05. The Morgan fingerprint density at radius 2 is 2.00 bits per heavy atom. The first-order chi connectivity index (χ1) is 12.6. The van der Waals surface area contributed by atoms with Gasteiger partial charge in [0.15, 0.2) is 0 Å². The van der Waals surface area contributed by atoms with Gasteiger partial charge in [-0.1, -0.05) is 6.92 Å². The van der Waals surface area contributed by atoms with E-state index < -0.39 is 0 Å². The van der Waals surface area contributed by atoms with Crippen molar-refractivity contribution >= 4 is 11.4 Å². The fraction of sp³-hybridized carbons (Fsp3) is 0.714. The molecule has 2 aliphatic rings. The van der Waals surface area contributed by atoms with E-state index in [-0.39, 0.29) is 11.5 Å². The lowest BCUT2D eigenvalue weighted by atomic mass is 9.90. The van der Waals surface area contributed by atoms with Crippen LogP contribution >= 0.6 is 0 Å². The van der Waals surface area contributed by atoms with Crippen molar-refractivity contribution in [1.29, 1.82) is 0 Å². The Morgan fingerprint density at radius 1 is 1.23 bits per heavy atom. The Balaban J connectivity index is 1.50. The number of piperidine rings is 1. The van der Waals surface area contributed by atoms with E-state index in [4.69, 9.17) is 10.5 Å². The average Bonchev–Trinajstić information content (AvgIpc) is 2.65. The van der Waals surface area contributed by atoms with Gasteiger partial charge in [0.1, 0.15) is 5.82 Å². The number of aryl methyl sites for hydroxylation is 1. The normalized spacial score (nSPS) is 25.3. The Kier molecular flexibility index (Phi) is 6.76. The smallest absolute Gasteiger partial charge is 0.148 e. The summed E-state index contributed by atoms with van der Waals surface area (Å²) in [4.78, 5) is 2.64. The maximum absolute atomic E-state index is 13.8. The quantitative estimate of drug-likeness (QED) is 0.739. The van der Waals surface area contributed by atoms with E-state index in [1.807, 2.05) is 13.0 Å². The second-order valence-corrected chi connectivity index (χ2v) is 7.98. The fourth-order valence-electron chi connectivity index (χ4n) is 4.39. The van der Waals surface area contributed by atoms with Crippen LogP contribution in [0.1, 0.15) is 57.4 Å². The molecule has 2 unspecified atom stereocenters. The lowest BCUT2D eigenvalue weighted by molar-refractivity contribution is -0.00514. The number of benzene rings is 1. The standard InChI is InChI=1S/C21H34FN3O/c1-3-11-26-18-6-4-5-17(14-18)25-9-7-16(8-10-25)24-20-13-15(2)12-19(22)21(20)23/h12-13,16-18,24H,3-11,14,23H2,1-2H3. The van der Waals surface area contributed by atoms with E-state index in [9.17, 15) is 4.39 Å². The number of rotatable bonds is 6. The minimum atomic E-state index is -0.328. The highest BCUT2D eigenvalue weighted by Crippen LogP contribution is 2.30. The van der Waals surface area contributed by atoms with Crippen molar-refractivity contribution in [2.45, 2.75) is 77.0 Å². The lowest BCUT2D eigenvalue weighted by Gasteiger charge is -2.41. The molecule has 3 N–H and O–H groups in total. The summed E-state index contributed by atoms with van der Waals surface area (Å²) in [6.07, 6.45) is 8.65. The van der Waals surface area contributed by atoms with Crippen LogP contribution in [-0.2, 0) is 4.74 Å². The predicted octanol–water partition coefficient (Wildman–Crippen LogP) is 4.33. The summed E-state index contributed by atoms with van der Waals surface area (Å²) in [7, 11) is 0. The number of nitrogens with zero attached hydrogens (tertiary/aromatic N) is 1. The average molecular weight is 364 g/mol. The van der Waals surface area contributed by atoms with Gasteiger partial charge in [0.05, 0.1) is 17.5 Å². The number of hydrogen-bond acceptors (Lipinski definition) is 4. The molecule has 1 saturated carbocycles. The Bertz CT molecular complexity index is 587. The maximum atomic E-state index is 13.8. The van der Waals surface area contributed by atoms with Gasteiger partial charge in [0.25, 0.3) is 0 Å². The molecule has 1 aliphatic carbocycles. The van der Waals surface area contributed by atoms with Crippen LogP contribution in [0.2, 0.25) is 0 Å². The van der Waals surface area contributed by atoms with Gasteiger partial charge in [-0.25, -0.2) is 4.39 Å². The fourth-order valence-corrected chi connectivity index (χ4v) is 4.39. The molecular weight excluding hydrogens is 329 g/mol. The maximum Gasteiger partial charge on any atom is 0.148 e. The molecule has 146 valence electrons. The van der Waals surface area contributed by atoms with Gasteiger partial charge in [0, 0.05) is 31.8 Å². The Labute approximate surface area is 157 Å². The lowest BCUT2D eigenvalue weighted by Crippen LogP contribution is -2.47. The van der Waals surface area contributed by atoms with Crippen molar-refractivity contribution in [3.63, 3.8) is 0 Å². The number of halogens is 1. The van der Waals surface area contributed by atoms with Gasteiger partial charge in [-0.15, -0.1) is 0 Å². The van der Waals surface area contributed by atoms with Crippen molar-refractivity contribution in [2.24, 2.45) is 0 Å². The molecule has 0 aromatic heterocycles. The molecule has 0 spiro atoms. The summed E-state index contributed by atoms with van der Waals surface area (Å²) in [5, 5.41) is 3.47. The summed E-state index contributed by atoms with van der Waals surface area (Å²) in [6, 6.07) is 4.46. The zero-order valence-corrected chi connectivity index (χ0v) is 16.3. The molecule has 3 rings (SSSR count). The summed E-state index contributed by atoms with van der Waals surface area (Å²) in [5.41, 5.74) is 7.79. The van der Waals surface area contributed by atoms with Crippen molar-refractivity contribution < 1.29 is 9.13 Å². The van der Waals surface area contributed by atoms with Gasteiger partial charge < -0.3 is 20.7 Å². The number of anilines is 2. The summed E-state index contributed by atoms with van der Waals surface area (Å²) in [6.45, 7) is 7.15. The van der Waals surface area contributed by atoms with Gasteiger partial charge in [-0.2, -0.15) is 0 Å². The molecule has 2 atom stereocenters. The second-order valence-electron chi connectivity index (χ2n) is 7.98. The molecule has 2 fully saturated rings. The molecule has 1 saturated heterocycles.